The first kappa shape index (κ1) is 12.2. The average Bonchev–Trinajstić information content (AvgIpc) is 2.43. The minimum atomic E-state index is -0.933. The molecule has 0 spiro atoms. The highest BCUT2D eigenvalue weighted by Crippen LogP contribution is 2.56. The molecule has 0 bridgehead atoms. The molecule has 100 valence electrons. The minimum Gasteiger partial charge on any atom is -0.457 e. The van der Waals surface area contributed by atoms with Crippen molar-refractivity contribution in [1.29, 1.82) is 5.26 Å². The molecule has 2 aliphatic heterocycles. The molecule has 0 N–H and O–H groups in total. The number of allylic oxidation sites excluding steroid dienone is 2. The van der Waals surface area contributed by atoms with Crippen LogP contribution in [0.2, 0.25) is 0 Å². The minimum absolute atomic E-state index is 0.00971. The third kappa shape index (κ3) is 1.34. The Bertz CT molecular complexity index is 533. The van der Waals surface area contributed by atoms with E-state index in [1.165, 1.54) is 0 Å². The largest absolute Gasteiger partial charge is 0.457 e. The second-order valence-corrected chi connectivity index (χ2v) is 5.58. The first-order chi connectivity index (χ1) is 9.06. The van der Waals surface area contributed by atoms with Gasteiger partial charge in [-0.2, -0.15) is 5.26 Å². The summed E-state index contributed by atoms with van der Waals surface area (Å²) in [5, 5.41) is 9.05. The van der Waals surface area contributed by atoms with Crippen molar-refractivity contribution in [2.24, 2.45) is 5.41 Å². The van der Waals surface area contributed by atoms with Crippen LogP contribution in [-0.2, 0) is 14.3 Å². The molecule has 0 radical (unpaired) electrons. The van der Waals surface area contributed by atoms with E-state index in [1.54, 1.807) is 18.0 Å². The molecule has 2 atom stereocenters. The number of nitriles is 1. The Morgan fingerprint density at radius 1 is 1.37 bits per heavy atom. The van der Waals surface area contributed by atoms with Gasteiger partial charge in [0.05, 0.1) is 5.41 Å². The van der Waals surface area contributed by atoms with Crippen LogP contribution >= 0.6 is 0 Å². The summed E-state index contributed by atoms with van der Waals surface area (Å²) in [7, 11) is 1.69. The SMILES string of the molecule is CN1C(=O)CC[C@]23CC=C(C#N)O[C@@]12CCCC3=O. The Labute approximate surface area is 111 Å². The molecule has 3 rings (SSSR count). The van der Waals surface area contributed by atoms with E-state index in [1.807, 2.05) is 6.07 Å². The Balaban J connectivity index is 2.16. The molecule has 1 aliphatic carbocycles. The van der Waals surface area contributed by atoms with Gasteiger partial charge in [-0.05, 0) is 25.3 Å². The second kappa shape index (κ2) is 3.83. The summed E-state index contributed by atoms with van der Waals surface area (Å²) in [4.78, 5) is 26.1. The number of amides is 1. The van der Waals surface area contributed by atoms with Gasteiger partial charge in [0.25, 0.3) is 0 Å². The fraction of sp³-hybridized carbons (Fsp3) is 0.643. The van der Waals surface area contributed by atoms with Gasteiger partial charge in [-0.25, -0.2) is 0 Å². The van der Waals surface area contributed by atoms with Gasteiger partial charge in [-0.3, -0.25) is 9.59 Å². The van der Waals surface area contributed by atoms with Crippen LogP contribution in [0.1, 0.15) is 38.5 Å². The highest BCUT2D eigenvalue weighted by atomic mass is 16.5. The first-order valence-electron chi connectivity index (χ1n) is 6.65. The van der Waals surface area contributed by atoms with Crippen LogP contribution in [0.25, 0.3) is 0 Å². The summed E-state index contributed by atoms with van der Waals surface area (Å²) in [6, 6.07) is 2.00. The number of nitrogens with zero attached hydrogens (tertiary/aromatic N) is 2. The van der Waals surface area contributed by atoms with Crippen LogP contribution in [0.5, 0.6) is 0 Å². The number of carbonyl (C=O) groups is 2. The summed E-state index contributed by atoms with van der Waals surface area (Å²) in [6.45, 7) is 0. The Morgan fingerprint density at radius 2 is 2.16 bits per heavy atom. The summed E-state index contributed by atoms with van der Waals surface area (Å²) in [5.74, 6) is 0.391. The van der Waals surface area contributed by atoms with Crippen molar-refractivity contribution in [1.82, 2.24) is 4.90 Å². The van der Waals surface area contributed by atoms with Crippen molar-refractivity contribution in [3.8, 4) is 6.07 Å². The lowest BCUT2D eigenvalue weighted by Crippen LogP contribution is -2.70. The predicted octanol–water partition coefficient (Wildman–Crippen LogP) is 1.50. The molecule has 19 heavy (non-hydrogen) atoms. The summed E-state index contributed by atoms with van der Waals surface area (Å²) < 4.78 is 5.86. The number of rotatable bonds is 0. The average molecular weight is 260 g/mol. The van der Waals surface area contributed by atoms with Crippen LogP contribution in [0.4, 0.5) is 0 Å². The van der Waals surface area contributed by atoms with Crippen LogP contribution < -0.4 is 0 Å². The third-order valence-corrected chi connectivity index (χ3v) is 4.91. The molecule has 1 saturated carbocycles. The fourth-order valence-corrected chi connectivity index (χ4v) is 3.85. The highest BCUT2D eigenvalue weighted by molar-refractivity contribution is 5.91. The summed E-state index contributed by atoms with van der Waals surface area (Å²) >= 11 is 0. The molecule has 5 nitrogen and oxygen atoms in total. The Hall–Kier alpha value is -1.83. The van der Waals surface area contributed by atoms with Gasteiger partial charge < -0.3 is 9.64 Å². The quantitative estimate of drug-likeness (QED) is 0.661. The van der Waals surface area contributed by atoms with Crippen LogP contribution in [0, 0.1) is 16.7 Å². The van der Waals surface area contributed by atoms with E-state index in [0.29, 0.717) is 38.5 Å². The van der Waals surface area contributed by atoms with Gasteiger partial charge in [0.1, 0.15) is 11.9 Å². The monoisotopic (exact) mass is 260 g/mol. The zero-order chi connectivity index (χ0) is 13.7. The van der Waals surface area contributed by atoms with E-state index in [-0.39, 0.29) is 17.4 Å². The van der Waals surface area contributed by atoms with Crippen molar-refractivity contribution < 1.29 is 14.3 Å². The molecule has 5 heteroatoms. The molecule has 0 aromatic carbocycles. The van der Waals surface area contributed by atoms with Gasteiger partial charge in [-0.15, -0.1) is 0 Å². The van der Waals surface area contributed by atoms with E-state index < -0.39 is 11.1 Å². The van der Waals surface area contributed by atoms with Gasteiger partial charge in [0.15, 0.2) is 11.5 Å². The smallest absolute Gasteiger partial charge is 0.225 e. The number of hydrogen-bond acceptors (Lipinski definition) is 4. The summed E-state index contributed by atoms with van der Waals surface area (Å²) in [6.07, 6.45) is 4.99. The number of likely N-dealkylation sites (tertiary alicyclic amines) is 1. The lowest BCUT2D eigenvalue weighted by atomic mass is 9.59. The van der Waals surface area contributed by atoms with Crippen LogP contribution in [0.15, 0.2) is 11.8 Å². The maximum absolute atomic E-state index is 12.5. The maximum atomic E-state index is 12.5. The van der Waals surface area contributed by atoms with Gasteiger partial charge in [0.2, 0.25) is 5.91 Å². The summed E-state index contributed by atoms with van der Waals surface area (Å²) in [5.41, 5.74) is -1.58. The van der Waals surface area contributed by atoms with Crippen molar-refractivity contribution in [2.75, 3.05) is 7.05 Å². The maximum Gasteiger partial charge on any atom is 0.225 e. The number of ketones is 1. The zero-order valence-corrected chi connectivity index (χ0v) is 10.9. The predicted molar refractivity (Wildman–Crippen MR) is 65.4 cm³/mol. The van der Waals surface area contributed by atoms with E-state index in [9.17, 15) is 9.59 Å². The lowest BCUT2D eigenvalue weighted by Gasteiger charge is -2.59. The van der Waals surface area contributed by atoms with E-state index in [2.05, 4.69) is 0 Å². The van der Waals surface area contributed by atoms with Gasteiger partial charge in [-0.1, -0.05) is 0 Å². The normalized spacial score (nSPS) is 37.7. The molecule has 0 aromatic heterocycles. The molecule has 2 fully saturated rings. The topological polar surface area (TPSA) is 70.4 Å². The molecule has 1 amide bonds. The van der Waals surface area contributed by atoms with Crippen molar-refractivity contribution >= 4 is 11.7 Å². The van der Waals surface area contributed by atoms with Crippen LogP contribution in [0.3, 0.4) is 0 Å². The highest BCUT2D eigenvalue weighted by Gasteiger charge is 2.66. The Kier molecular flexibility index (Phi) is 2.46. The molecule has 2 heterocycles. The molecule has 0 unspecified atom stereocenters. The van der Waals surface area contributed by atoms with E-state index in [0.717, 1.165) is 0 Å². The van der Waals surface area contributed by atoms with Crippen molar-refractivity contribution in [3.05, 3.63) is 11.8 Å². The molecule has 1 saturated heterocycles. The first-order valence-corrected chi connectivity index (χ1v) is 6.65. The van der Waals surface area contributed by atoms with Gasteiger partial charge in [0, 0.05) is 26.3 Å². The Morgan fingerprint density at radius 3 is 2.89 bits per heavy atom. The van der Waals surface area contributed by atoms with Gasteiger partial charge >= 0.3 is 0 Å². The fourth-order valence-electron chi connectivity index (χ4n) is 3.85. The molecular weight excluding hydrogens is 244 g/mol. The third-order valence-electron chi connectivity index (χ3n) is 4.91. The zero-order valence-electron chi connectivity index (χ0n) is 10.9. The standard InChI is InChI=1S/C14H16N2O3/c1-16-12(18)5-8-13-7-4-10(9-15)19-14(13,16)6-2-3-11(13)17/h4H,2-3,5-8H2,1H3/t13-,14+/m0/s1. The van der Waals surface area contributed by atoms with E-state index in [4.69, 9.17) is 10.00 Å². The van der Waals surface area contributed by atoms with E-state index >= 15 is 0 Å². The number of piperidine rings is 1. The second-order valence-electron chi connectivity index (χ2n) is 5.58. The van der Waals surface area contributed by atoms with Crippen molar-refractivity contribution in [3.63, 3.8) is 0 Å². The molecule has 0 aromatic rings. The lowest BCUT2D eigenvalue weighted by molar-refractivity contribution is -0.232. The van der Waals surface area contributed by atoms with Crippen LogP contribution in [-0.4, -0.2) is 29.4 Å². The number of carbonyl (C=O) groups excluding carboxylic acids is 2. The number of hydrogen-bond donors (Lipinski definition) is 0. The number of Topliss-reactive ketones (excluding diaryl/α,β-unsaturated/α-hetero) is 1. The molecule has 3 aliphatic rings. The number of ether oxygens (including phenoxy) is 1. The molecular formula is C14H16N2O3. The van der Waals surface area contributed by atoms with Crippen molar-refractivity contribution in [2.45, 2.75) is 44.2 Å².